The molecule has 1 aromatic rings. The van der Waals surface area contributed by atoms with Crippen LogP contribution in [0.15, 0.2) is 27.1 Å². The average Bonchev–Trinajstić information content (AvgIpc) is 2.30. The molecular weight excluding hydrogens is 368 g/mol. The van der Waals surface area contributed by atoms with Crippen molar-refractivity contribution in [3.05, 3.63) is 27.1 Å². The first-order valence-corrected chi connectivity index (χ1v) is 8.03. The molecule has 1 rings (SSSR count). The van der Waals surface area contributed by atoms with Gasteiger partial charge in [-0.3, -0.25) is 4.79 Å². The molecule has 17 heavy (non-hydrogen) atoms. The molecule has 0 unspecified atom stereocenters. The topological polar surface area (TPSA) is 55.1 Å². The van der Waals surface area contributed by atoms with Gasteiger partial charge in [-0.2, -0.15) is 11.8 Å². The number of hydrogen-bond donors (Lipinski definition) is 2. The van der Waals surface area contributed by atoms with Gasteiger partial charge in [-0.25, -0.2) is 0 Å². The molecule has 3 N–H and O–H groups in total. The van der Waals surface area contributed by atoms with Crippen molar-refractivity contribution in [3.63, 3.8) is 0 Å². The number of carbonyl (C=O) groups is 1. The second-order valence-corrected chi connectivity index (χ2v) is 6.26. The third-order valence-corrected chi connectivity index (χ3v) is 3.98. The lowest BCUT2D eigenvalue weighted by molar-refractivity contribution is -0.117. The van der Waals surface area contributed by atoms with Crippen LogP contribution in [0.25, 0.3) is 0 Å². The summed E-state index contributed by atoms with van der Waals surface area (Å²) in [6.45, 7) is 0. The van der Waals surface area contributed by atoms with Gasteiger partial charge in [-0.05, 0) is 52.6 Å². The van der Waals surface area contributed by atoms with Crippen LogP contribution in [0.1, 0.15) is 6.42 Å². The molecule has 1 aromatic carbocycles. The summed E-state index contributed by atoms with van der Waals surface area (Å²) >= 11 is 8.42. The molecule has 0 aromatic heterocycles. The quantitative estimate of drug-likeness (QED) is 0.823. The molecule has 0 aliphatic heterocycles. The summed E-state index contributed by atoms with van der Waals surface area (Å²) < 4.78 is 1.75. The van der Waals surface area contributed by atoms with Crippen LogP contribution in [0.2, 0.25) is 0 Å². The molecule has 0 aliphatic rings. The maximum Gasteiger partial charge on any atom is 0.241 e. The zero-order valence-electron chi connectivity index (χ0n) is 9.37. The number of rotatable bonds is 5. The van der Waals surface area contributed by atoms with E-state index in [2.05, 4.69) is 37.2 Å². The summed E-state index contributed by atoms with van der Waals surface area (Å²) in [6.07, 6.45) is 2.67. The van der Waals surface area contributed by atoms with Gasteiger partial charge in [-0.15, -0.1) is 0 Å². The Morgan fingerprint density at radius 2 is 2.24 bits per heavy atom. The Labute approximate surface area is 122 Å². The standard InChI is InChI=1S/C11H14Br2N2OS/c1-17-5-4-9(14)11(16)15-10-6-7(12)2-3-8(10)13/h2-3,6,9H,4-5,14H2,1H3,(H,15,16)/t9-/m1/s1. The number of nitrogens with one attached hydrogen (secondary N) is 1. The van der Waals surface area contributed by atoms with E-state index in [-0.39, 0.29) is 5.91 Å². The highest BCUT2D eigenvalue weighted by Gasteiger charge is 2.14. The molecule has 0 fully saturated rings. The van der Waals surface area contributed by atoms with Gasteiger partial charge in [0.1, 0.15) is 0 Å². The van der Waals surface area contributed by atoms with Gasteiger partial charge in [0.15, 0.2) is 0 Å². The molecule has 1 atom stereocenters. The van der Waals surface area contributed by atoms with Gasteiger partial charge in [0.25, 0.3) is 0 Å². The van der Waals surface area contributed by atoms with Crippen molar-refractivity contribution in [1.82, 2.24) is 0 Å². The van der Waals surface area contributed by atoms with Gasteiger partial charge in [0.2, 0.25) is 5.91 Å². The van der Waals surface area contributed by atoms with E-state index in [1.807, 2.05) is 24.5 Å². The average molecular weight is 382 g/mol. The number of amides is 1. The Balaban J connectivity index is 2.64. The smallest absolute Gasteiger partial charge is 0.241 e. The van der Waals surface area contributed by atoms with E-state index in [1.165, 1.54) is 0 Å². The fourth-order valence-electron chi connectivity index (χ4n) is 1.19. The van der Waals surface area contributed by atoms with Crippen LogP contribution in [-0.2, 0) is 4.79 Å². The molecule has 0 spiro atoms. The van der Waals surface area contributed by atoms with Crippen molar-refractivity contribution in [2.75, 3.05) is 17.3 Å². The summed E-state index contributed by atoms with van der Waals surface area (Å²) in [5.74, 6) is 0.728. The normalized spacial score (nSPS) is 12.2. The maximum atomic E-state index is 11.8. The highest BCUT2D eigenvalue weighted by Crippen LogP contribution is 2.26. The molecule has 6 heteroatoms. The highest BCUT2D eigenvalue weighted by atomic mass is 79.9. The van der Waals surface area contributed by atoms with E-state index in [4.69, 9.17) is 5.73 Å². The maximum absolute atomic E-state index is 11.8. The molecular formula is C11H14Br2N2OS. The van der Waals surface area contributed by atoms with E-state index in [0.717, 1.165) is 20.4 Å². The van der Waals surface area contributed by atoms with E-state index in [9.17, 15) is 4.79 Å². The molecule has 0 bridgehead atoms. The van der Waals surface area contributed by atoms with Crippen molar-refractivity contribution in [3.8, 4) is 0 Å². The van der Waals surface area contributed by atoms with Gasteiger partial charge < -0.3 is 11.1 Å². The van der Waals surface area contributed by atoms with Crippen molar-refractivity contribution >= 4 is 55.2 Å². The number of carbonyl (C=O) groups excluding carboxylic acids is 1. The van der Waals surface area contributed by atoms with E-state index in [1.54, 1.807) is 11.8 Å². The largest absolute Gasteiger partial charge is 0.324 e. The Kier molecular flexibility index (Phi) is 6.54. The number of anilines is 1. The van der Waals surface area contributed by atoms with Gasteiger partial charge in [0, 0.05) is 8.95 Å². The Bertz CT molecular complexity index is 401. The minimum absolute atomic E-state index is 0.155. The first-order chi connectivity index (χ1) is 8.04. The Morgan fingerprint density at radius 1 is 1.53 bits per heavy atom. The van der Waals surface area contributed by atoms with Crippen LogP contribution in [0.4, 0.5) is 5.69 Å². The van der Waals surface area contributed by atoms with Crippen LogP contribution < -0.4 is 11.1 Å². The zero-order valence-corrected chi connectivity index (χ0v) is 13.4. The Morgan fingerprint density at radius 3 is 2.88 bits per heavy atom. The summed E-state index contributed by atoms with van der Waals surface area (Å²) in [6, 6.07) is 5.14. The fourth-order valence-corrected chi connectivity index (χ4v) is 2.39. The second-order valence-electron chi connectivity index (χ2n) is 3.50. The lowest BCUT2D eigenvalue weighted by Crippen LogP contribution is -2.36. The molecule has 0 radical (unpaired) electrons. The minimum Gasteiger partial charge on any atom is -0.324 e. The third kappa shape index (κ3) is 4.99. The monoisotopic (exact) mass is 380 g/mol. The summed E-state index contributed by atoms with van der Waals surface area (Å²) in [5.41, 5.74) is 6.51. The van der Waals surface area contributed by atoms with Crippen LogP contribution in [0.5, 0.6) is 0 Å². The fraction of sp³-hybridized carbons (Fsp3) is 0.364. The molecule has 94 valence electrons. The van der Waals surface area contributed by atoms with Crippen LogP contribution >= 0.6 is 43.6 Å². The summed E-state index contributed by atoms with van der Waals surface area (Å²) in [4.78, 5) is 11.8. The number of nitrogens with two attached hydrogens (primary N) is 1. The van der Waals surface area contributed by atoms with E-state index in [0.29, 0.717) is 6.42 Å². The molecule has 0 saturated carbocycles. The molecule has 0 heterocycles. The number of thioether (sulfide) groups is 1. The van der Waals surface area contributed by atoms with Gasteiger partial charge in [-0.1, -0.05) is 15.9 Å². The lowest BCUT2D eigenvalue weighted by atomic mass is 10.2. The van der Waals surface area contributed by atoms with Crippen molar-refractivity contribution in [1.29, 1.82) is 0 Å². The van der Waals surface area contributed by atoms with Crippen molar-refractivity contribution in [2.24, 2.45) is 5.73 Å². The summed E-state index contributed by atoms with van der Waals surface area (Å²) in [5, 5.41) is 2.81. The predicted molar refractivity (Wildman–Crippen MR) is 81.4 cm³/mol. The summed E-state index contributed by atoms with van der Waals surface area (Å²) in [7, 11) is 0. The van der Waals surface area contributed by atoms with Crippen molar-refractivity contribution in [2.45, 2.75) is 12.5 Å². The molecule has 3 nitrogen and oxygen atoms in total. The van der Waals surface area contributed by atoms with Gasteiger partial charge >= 0.3 is 0 Å². The molecule has 0 aliphatic carbocycles. The predicted octanol–water partition coefficient (Wildman–Crippen LogP) is 3.23. The minimum atomic E-state index is -0.465. The van der Waals surface area contributed by atoms with Crippen molar-refractivity contribution < 1.29 is 4.79 Å². The van der Waals surface area contributed by atoms with Crippen LogP contribution in [0, 0.1) is 0 Å². The van der Waals surface area contributed by atoms with Crippen LogP contribution in [-0.4, -0.2) is 24.0 Å². The van der Waals surface area contributed by atoms with Crippen LogP contribution in [0.3, 0.4) is 0 Å². The first kappa shape index (κ1) is 15.0. The Hall–Kier alpha value is -0.0400. The van der Waals surface area contributed by atoms with E-state index >= 15 is 0 Å². The van der Waals surface area contributed by atoms with Gasteiger partial charge in [0.05, 0.1) is 11.7 Å². The first-order valence-electron chi connectivity index (χ1n) is 5.05. The second kappa shape index (κ2) is 7.41. The van der Waals surface area contributed by atoms with E-state index < -0.39 is 6.04 Å². The number of halogens is 2. The lowest BCUT2D eigenvalue weighted by Gasteiger charge is -2.13. The highest BCUT2D eigenvalue weighted by molar-refractivity contribution is 9.11. The number of benzene rings is 1. The zero-order chi connectivity index (χ0) is 12.8. The SMILES string of the molecule is CSCC[C@@H](N)C(=O)Nc1cc(Br)ccc1Br. The number of hydrogen-bond acceptors (Lipinski definition) is 3. The third-order valence-electron chi connectivity index (χ3n) is 2.16. The molecule has 0 saturated heterocycles. The molecule has 1 amide bonds.